The highest BCUT2D eigenvalue weighted by molar-refractivity contribution is 5.94. The van der Waals surface area contributed by atoms with E-state index in [1.165, 1.54) is 12.1 Å². The molecule has 1 aromatic carbocycles. The molecule has 0 aliphatic carbocycles. The Morgan fingerprint density at radius 2 is 1.88 bits per heavy atom. The van der Waals surface area contributed by atoms with Crippen LogP contribution in [0.1, 0.15) is 66.2 Å². The highest BCUT2D eigenvalue weighted by Gasteiger charge is 2.32. The molecule has 4 heterocycles. The van der Waals surface area contributed by atoms with E-state index in [0.29, 0.717) is 49.6 Å². The van der Waals surface area contributed by atoms with Crippen LogP contribution in [0.25, 0.3) is 0 Å². The number of hydrogen-bond acceptors (Lipinski definition) is 8. The normalized spacial score (nSPS) is 25.7. The summed E-state index contributed by atoms with van der Waals surface area (Å²) >= 11 is 0. The third kappa shape index (κ3) is 7.87. The van der Waals surface area contributed by atoms with Gasteiger partial charge in [0.05, 0.1) is 30.7 Å². The average Bonchev–Trinajstić information content (AvgIpc) is 2.98. The van der Waals surface area contributed by atoms with Gasteiger partial charge in [-0.25, -0.2) is 4.39 Å². The number of hydrogen-bond donors (Lipinski definition) is 2. The Morgan fingerprint density at radius 1 is 1.12 bits per heavy atom. The number of nitrogens with zero attached hydrogens (tertiary/aromatic N) is 3. The van der Waals surface area contributed by atoms with Gasteiger partial charge >= 0.3 is 6.36 Å². The number of benzene rings is 1. The van der Waals surface area contributed by atoms with Crippen molar-refractivity contribution >= 4 is 11.6 Å². The number of nitrogens with one attached hydrogen (secondary N) is 2. The van der Waals surface area contributed by atoms with Gasteiger partial charge in [-0.1, -0.05) is 12.1 Å². The minimum Gasteiger partial charge on any atom is -0.406 e. The molecule has 13 heteroatoms. The molecule has 1 aromatic heterocycles. The van der Waals surface area contributed by atoms with Crippen LogP contribution in [0.3, 0.4) is 0 Å². The van der Waals surface area contributed by atoms with E-state index in [9.17, 15) is 22.4 Å². The van der Waals surface area contributed by atoms with Gasteiger partial charge < -0.3 is 29.7 Å². The number of ether oxygens (including phenoxy) is 3. The molecule has 3 aliphatic heterocycles. The molecular weight excluding hydrogens is 558 g/mol. The average molecular weight is 596 g/mol. The van der Waals surface area contributed by atoms with E-state index in [-0.39, 0.29) is 42.6 Å². The van der Waals surface area contributed by atoms with Crippen LogP contribution in [0.4, 0.5) is 23.2 Å². The van der Waals surface area contributed by atoms with Crippen LogP contribution in [0.2, 0.25) is 0 Å². The smallest absolute Gasteiger partial charge is 0.406 e. The molecule has 0 radical (unpaired) electrons. The number of carbonyl (C=O) groups is 1. The first kappa shape index (κ1) is 30.4. The topological polar surface area (TPSA) is 97.8 Å². The quantitative estimate of drug-likeness (QED) is 0.423. The number of piperidine rings is 1. The minimum atomic E-state index is -4.73. The second-order valence-electron chi connectivity index (χ2n) is 11.1. The van der Waals surface area contributed by atoms with Gasteiger partial charge in [0, 0.05) is 43.9 Å². The maximum absolute atomic E-state index is 14.1. The number of rotatable bonds is 8. The molecule has 3 fully saturated rings. The number of likely N-dealkylation sites (tertiary alicyclic amines) is 1. The second kappa shape index (κ2) is 13.5. The van der Waals surface area contributed by atoms with Crippen molar-refractivity contribution in [3.63, 3.8) is 0 Å². The Bertz CT molecular complexity index is 1190. The second-order valence-corrected chi connectivity index (χ2v) is 11.1. The first-order valence-corrected chi connectivity index (χ1v) is 14.5. The summed E-state index contributed by atoms with van der Waals surface area (Å²) in [7, 11) is 0. The summed E-state index contributed by atoms with van der Waals surface area (Å²) in [5.41, 5.74) is 2.48. The molecule has 230 valence electrons. The van der Waals surface area contributed by atoms with Crippen molar-refractivity contribution in [1.82, 2.24) is 20.4 Å². The molecule has 0 saturated carbocycles. The number of carbonyl (C=O) groups excluding carboxylic acids is 1. The Morgan fingerprint density at radius 3 is 2.60 bits per heavy atom. The summed E-state index contributed by atoms with van der Waals surface area (Å²) < 4.78 is 66.9. The van der Waals surface area contributed by atoms with E-state index in [4.69, 9.17) is 9.47 Å². The SMILES string of the molecule is Cc1c(NC[C@H]2CCC[C@@H](c3ccc(OC(F)(F)F)cc3)O2)cnnc1C(=O)N1CCC(N[C@H]2CCOCC2F)CC1. The van der Waals surface area contributed by atoms with E-state index in [1.807, 2.05) is 6.92 Å². The largest absolute Gasteiger partial charge is 0.573 e. The summed E-state index contributed by atoms with van der Waals surface area (Å²) in [6.07, 6.45) is 0.0828. The van der Waals surface area contributed by atoms with Gasteiger partial charge in [0.1, 0.15) is 11.9 Å². The standard InChI is InChI=1S/C29H37F4N5O4/c1-18-25(34-15-22-3-2-4-26(41-22)19-5-7-21(8-6-19)42-29(31,32)33)16-35-37-27(18)28(39)38-12-9-20(10-13-38)36-24-11-14-40-17-23(24)30/h5-8,16,20,22-24,26,36H,2-4,9-15,17H2,1H3,(H,34,37)/t22-,23?,24+,26+/m1/s1. The van der Waals surface area contributed by atoms with Crippen molar-refractivity contribution in [2.45, 2.75) is 82.3 Å². The van der Waals surface area contributed by atoms with Gasteiger partial charge in [0.2, 0.25) is 0 Å². The number of halogens is 4. The fourth-order valence-electron chi connectivity index (χ4n) is 5.82. The Labute approximate surface area is 242 Å². The monoisotopic (exact) mass is 595 g/mol. The van der Waals surface area contributed by atoms with Crippen LogP contribution in [-0.4, -0.2) is 84.6 Å². The van der Waals surface area contributed by atoms with E-state index in [1.54, 1.807) is 23.2 Å². The van der Waals surface area contributed by atoms with Gasteiger partial charge in [-0.3, -0.25) is 4.79 Å². The zero-order valence-corrected chi connectivity index (χ0v) is 23.5. The van der Waals surface area contributed by atoms with Gasteiger partial charge in [-0.2, -0.15) is 5.10 Å². The number of aromatic nitrogens is 2. The van der Waals surface area contributed by atoms with Crippen LogP contribution in [0, 0.1) is 6.92 Å². The van der Waals surface area contributed by atoms with E-state index in [0.717, 1.165) is 37.7 Å². The van der Waals surface area contributed by atoms with Crippen LogP contribution < -0.4 is 15.4 Å². The molecule has 2 aromatic rings. The number of anilines is 1. The molecule has 9 nitrogen and oxygen atoms in total. The van der Waals surface area contributed by atoms with E-state index >= 15 is 0 Å². The molecule has 0 bridgehead atoms. The molecule has 2 N–H and O–H groups in total. The predicted octanol–water partition coefficient (Wildman–Crippen LogP) is 4.73. The van der Waals surface area contributed by atoms with E-state index in [2.05, 4.69) is 25.6 Å². The molecule has 3 aliphatic rings. The van der Waals surface area contributed by atoms with E-state index < -0.39 is 12.5 Å². The summed E-state index contributed by atoms with van der Waals surface area (Å²) in [5, 5.41) is 15.0. The maximum atomic E-state index is 14.1. The summed E-state index contributed by atoms with van der Waals surface area (Å²) in [6, 6.07) is 5.73. The molecule has 3 saturated heterocycles. The van der Waals surface area contributed by atoms with Crippen LogP contribution in [0.15, 0.2) is 30.5 Å². The molecule has 42 heavy (non-hydrogen) atoms. The van der Waals surface area contributed by atoms with Crippen molar-refractivity contribution in [2.24, 2.45) is 0 Å². The Balaban J connectivity index is 1.12. The lowest BCUT2D eigenvalue weighted by Gasteiger charge is -2.36. The number of amides is 1. The number of alkyl halides is 4. The first-order chi connectivity index (χ1) is 20.2. The van der Waals surface area contributed by atoms with Crippen LogP contribution >= 0.6 is 0 Å². The predicted molar refractivity (Wildman–Crippen MR) is 146 cm³/mol. The highest BCUT2D eigenvalue weighted by atomic mass is 19.4. The van der Waals surface area contributed by atoms with Crippen LogP contribution in [-0.2, 0) is 9.47 Å². The highest BCUT2D eigenvalue weighted by Crippen LogP contribution is 2.33. The van der Waals surface area contributed by atoms with Gasteiger partial charge in [0.15, 0.2) is 5.69 Å². The zero-order valence-electron chi connectivity index (χ0n) is 23.5. The summed E-state index contributed by atoms with van der Waals surface area (Å²) in [5.74, 6) is -0.444. The lowest BCUT2D eigenvalue weighted by atomic mass is 9.98. The fourth-order valence-corrected chi connectivity index (χ4v) is 5.82. The Hall–Kier alpha value is -3.03. The molecule has 4 atom stereocenters. The summed E-state index contributed by atoms with van der Waals surface area (Å²) in [4.78, 5) is 15.1. The zero-order chi connectivity index (χ0) is 29.7. The molecule has 1 unspecified atom stereocenters. The lowest BCUT2D eigenvalue weighted by Crippen LogP contribution is -2.52. The van der Waals surface area contributed by atoms with Crippen molar-refractivity contribution in [1.29, 1.82) is 0 Å². The molecular formula is C29H37F4N5O4. The first-order valence-electron chi connectivity index (χ1n) is 14.5. The maximum Gasteiger partial charge on any atom is 0.573 e. The van der Waals surface area contributed by atoms with Crippen molar-refractivity contribution in [3.05, 3.63) is 47.3 Å². The lowest BCUT2D eigenvalue weighted by molar-refractivity contribution is -0.274. The van der Waals surface area contributed by atoms with Gasteiger partial charge in [-0.15, -0.1) is 18.3 Å². The van der Waals surface area contributed by atoms with Gasteiger partial charge in [0.25, 0.3) is 5.91 Å². The van der Waals surface area contributed by atoms with Crippen molar-refractivity contribution in [2.75, 3.05) is 38.2 Å². The van der Waals surface area contributed by atoms with Gasteiger partial charge in [-0.05, 0) is 63.1 Å². The molecule has 5 rings (SSSR count). The summed E-state index contributed by atoms with van der Waals surface area (Å²) in [6.45, 7) is 4.10. The van der Waals surface area contributed by atoms with Crippen molar-refractivity contribution in [3.8, 4) is 5.75 Å². The minimum absolute atomic E-state index is 0.128. The van der Waals surface area contributed by atoms with Crippen molar-refractivity contribution < 1.29 is 36.6 Å². The molecule has 0 spiro atoms. The third-order valence-electron chi connectivity index (χ3n) is 8.18. The Kier molecular flexibility index (Phi) is 9.79. The fraction of sp³-hybridized carbons (Fsp3) is 0.621. The molecule has 1 amide bonds. The third-order valence-corrected chi connectivity index (χ3v) is 8.18. The van der Waals surface area contributed by atoms with Crippen LogP contribution in [0.5, 0.6) is 5.75 Å².